The van der Waals surface area contributed by atoms with Crippen LogP contribution in [0.4, 0.5) is 0 Å². The molecular formula is C12H16ClN3O. The molecule has 5 heteroatoms. The molecule has 0 aliphatic heterocycles. The molecule has 1 atom stereocenters. The van der Waals surface area contributed by atoms with Crippen LogP contribution in [0.1, 0.15) is 43.0 Å². The number of rotatable bonds is 4. The molecule has 92 valence electrons. The molecule has 1 heterocycles. The first-order chi connectivity index (χ1) is 7.95. The van der Waals surface area contributed by atoms with Gasteiger partial charge in [0, 0.05) is 12.0 Å². The number of aromatic nitrogens is 2. The van der Waals surface area contributed by atoms with Gasteiger partial charge in [0.1, 0.15) is 11.5 Å². The van der Waals surface area contributed by atoms with Crippen LogP contribution in [0, 0.1) is 0 Å². The van der Waals surface area contributed by atoms with Crippen molar-refractivity contribution in [2.75, 3.05) is 0 Å². The Morgan fingerprint density at radius 1 is 1.53 bits per heavy atom. The molecule has 1 aromatic rings. The van der Waals surface area contributed by atoms with E-state index in [2.05, 4.69) is 21.9 Å². The van der Waals surface area contributed by atoms with E-state index in [1.54, 1.807) is 6.08 Å². The Balaban J connectivity index is 2.99. The van der Waals surface area contributed by atoms with Crippen LogP contribution in [0.2, 0.25) is 5.02 Å². The Morgan fingerprint density at radius 3 is 2.71 bits per heavy atom. The lowest BCUT2D eigenvalue weighted by Gasteiger charge is -2.11. The number of carbonyl (C=O) groups excluding carboxylic acids is 1. The van der Waals surface area contributed by atoms with Crippen molar-refractivity contribution in [2.24, 2.45) is 0 Å². The number of hydrogen-bond acceptors (Lipinski definition) is 3. The van der Waals surface area contributed by atoms with E-state index >= 15 is 0 Å². The van der Waals surface area contributed by atoms with Crippen LogP contribution in [0.15, 0.2) is 18.9 Å². The molecule has 0 aliphatic carbocycles. The Kier molecular flexibility index (Phi) is 4.63. The SMILES string of the molecule is C=CC(C)NC(=O)c1nc(C(C)C)ncc1Cl. The fourth-order valence-electron chi connectivity index (χ4n) is 1.15. The molecule has 0 radical (unpaired) electrons. The van der Waals surface area contributed by atoms with Crippen molar-refractivity contribution >= 4 is 17.5 Å². The van der Waals surface area contributed by atoms with Gasteiger partial charge in [0.25, 0.3) is 5.91 Å². The minimum absolute atomic E-state index is 0.129. The maximum Gasteiger partial charge on any atom is 0.272 e. The lowest BCUT2D eigenvalue weighted by molar-refractivity contribution is 0.0941. The Labute approximate surface area is 106 Å². The standard InChI is InChI=1S/C12H16ClN3O/c1-5-8(4)15-12(17)10-9(13)6-14-11(16-10)7(2)3/h5-8H,1H2,2-4H3,(H,15,17). The summed E-state index contributed by atoms with van der Waals surface area (Å²) in [7, 11) is 0. The van der Waals surface area contributed by atoms with E-state index < -0.39 is 0 Å². The molecule has 0 spiro atoms. The maximum absolute atomic E-state index is 11.9. The van der Waals surface area contributed by atoms with Gasteiger partial charge in [-0.25, -0.2) is 9.97 Å². The topological polar surface area (TPSA) is 54.9 Å². The summed E-state index contributed by atoms with van der Waals surface area (Å²) in [6.07, 6.45) is 3.09. The summed E-state index contributed by atoms with van der Waals surface area (Å²) in [5.74, 6) is 0.438. The van der Waals surface area contributed by atoms with E-state index in [9.17, 15) is 4.79 Å². The molecule has 1 amide bonds. The van der Waals surface area contributed by atoms with Gasteiger partial charge in [-0.2, -0.15) is 0 Å². The van der Waals surface area contributed by atoms with Gasteiger partial charge >= 0.3 is 0 Å². The highest BCUT2D eigenvalue weighted by atomic mass is 35.5. The van der Waals surface area contributed by atoms with E-state index in [1.807, 2.05) is 20.8 Å². The number of carbonyl (C=O) groups is 1. The molecule has 1 unspecified atom stereocenters. The third kappa shape index (κ3) is 3.53. The monoisotopic (exact) mass is 253 g/mol. The van der Waals surface area contributed by atoms with Gasteiger partial charge in [0.05, 0.1) is 11.2 Å². The van der Waals surface area contributed by atoms with Crippen molar-refractivity contribution in [1.29, 1.82) is 0 Å². The second-order valence-corrected chi connectivity index (χ2v) is 4.48. The number of nitrogens with zero attached hydrogens (tertiary/aromatic N) is 2. The molecular weight excluding hydrogens is 238 g/mol. The molecule has 1 rings (SSSR count). The summed E-state index contributed by atoms with van der Waals surface area (Å²) in [5, 5.41) is 2.97. The highest BCUT2D eigenvalue weighted by molar-refractivity contribution is 6.33. The second-order valence-electron chi connectivity index (χ2n) is 4.08. The number of nitrogens with one attached hydrogen (secondary N) is 1. The number of hydrogen-bond donors (Lipinski definition) is 1. The van der Waals surface area contributed by atoms with Crippen molar-refractivity contribution in [1.82, 2.24) is 15.3 Å². The maximum atomic E-state index is 11.9. The lowest BCUT2D eigenvalue weighted by Crippen LogP contribution is -2.32. The van der Waals surface area contributed by atoms with Crippen molar-refractivity contribution in [2.45, 2.75) is 32.7 Å². The minimum Gasteiger partial charge on any atom is -0.345 e. The zero-order valence-electron chi connectivity index (χ0n) is 10.2. The highest BCUT2D eigenvalue weighted by Crippen LogP contribution is 2.16. The minimum atomic E-state index is -0.313. The molecule has 0 fully saturated rings. The molecule has 0 aliphatic rings. The Hall–Kier alpha value is -1.42. The van der Waals surface area contributed by atoms with Crippen LogP contribution in [0.25, 0.3) is 0 Å². The predicted octanol–water partition coefficient (Wildman–Crippen LogP) is 2.56. The molecule has 0 saturated carbocycles. The fraction of sp³-hybridized carbons (Fsp3) is 0.417. The van der Waals surface area contributed by atoms with Gasteiger partial charge in [0.15, 0.2) is 0 Å². The molecule has 1 N–H and O–H groups in total. The van der Waals surface area contributed by atoms with Gasteiger partial charge in [-0.1, -0.05) is 31.5 Å². The number of halogens is 1. The quantitative estimate of drug-likeness (QED) is 0.839. The third-order valence-corrected chi connectivity index (χ3v) is 2.48. The molecule has 0 aromatic carbocycles. The molecule has 0 saturated heterocycles. The number of amides is 1. The van der Waals surface area contributed by atoms with Crippen LogP contribution < -0.4 is 5.32 Å². The van der Waals surface area contributed by atoms with Crippen LogP contribution in [-0.4, -0.2) is 21.9 Å². The van der Waals surface area contributed by atoms with Crippen molar-refractivity contribution in [3.05, 3.63) is 35.4 Å². The van der Waals surface area contributed by atoms with Crippen molar-refractivity contribution in [3.63, 3.8) is 0 Å². The molecule has 17 heavy (non-hydrogen) atoms. The summed E-state index contributed by atoms with van der Waals surface area (Å²) in [6, 6.07) is -0.129. The Morgan fingerprint density at radius 2 is 2.18 bits per heavy atom. The predicted molar refractivity (Wildman–Crippen MR) is 68.3 cm³/mol. The summed E-state index contributed by atoms with van der Waals surface area (Å²) >= 11 is 5.91. The summed E-state index contributed by atoms with van der Waals surface area (Å²) in [5.41, 5.74) is 0.207. The zero-order chi connectivity index (χ0) is 13.0. The second kappa shape index (κ2) is 5.77. The summed E-state index contributed by atoms with van der Waals surface area (Å²) < 4.78 is 0. The molecule has 4 nitrogen and oxygen atoms in total. The average molecular weight is 254 g/mol. The first kappa shape index (κ1) is 13.6. The van der Waals surface area contributed by atoms with Gasteiger partial charge < -0.3 is 5.32 Å². The van der Waals surface area contributed by atoms with Crippen LogP contribution in [0.5, 0.6) is 0 Å². The van der Waals surface area contributed by atoms with Crippen LogP contribution in [0.3, 0.4) is 0 Å². The van der Waals surface area contributed by atoms with Gasteiger partial charge in [-0.15, -0.1) is 6.58 Å². The van der Waals surface area contributed by atoms with Crippen molar-refractivity contribution < 1.29 is 4.79 Å². The molecule has 1 aromatic heterocycles. The fourth-order valence-corrected chi connectivity index (χ4v) is 1.33. The largest absolute Gasteiger partial charge is 0.345 e. The van der Waals surface area contributed by atoms with E-state index in [4.69, 9.17) is 11.6 Å². The van der Waals surface area contributed by atoms with Gasteiger partial charge in [-0.05, 0) is 6.92 Å². The first-order valence-electron chi connectivity index (χ1n) is 5.41. The van der Waals surface area contributed by atoms with Gasteiger partial charge in [0.2, 0.25) is 0 Å². The highest BCUT2D eigenvalue weighted by Gasteiger charge is 2.16. The van der Waals surface area contributed by atoms with E-state index in [0.717, 1.165) is 0 Å². The summed E-state index contributed by atoms with van der Waals surface area (Å²) in [4.78, 5) is 20.1. The van der Waals surface area contributed by atoms with E-state index in [1.165, 1.54) is 6.20 Å². The third-order valence-electron chi connectivity index (χ3n) is 2.21. The van der Waals surface area contributed by atoms with Crippen LogP contribution >= 0.6 is 11.6 Å². The smallest absolute Gasteiger partial charge is 0.272 e. The first-order valence-corrected chi connectivity index (χ1v) is 5.79. The van der Waals surface area contributed by atoms with E-state index in [-0.39, 0.29) is 28.6 Å². The molecule has 0 bridgehead atoms. The Bertz CT molecular complexity index is 432. The zero-order valence-corrected chi connectivity index (χ0v) is 11.0. The van der Waals surface area contributed by atoms with E-state index in [0.29, 0.717) is 5.82 Å². The summed E-state index contributed by atoms with van der Waals surface area (Å²) in [6.45, 7) is 9.33. The normalized spacial score (nSPS) is 12.3. The van der Waals surface area contributed by atoms with Gasteiger partial charge in [-0.3, -0.25) is 4.79 Å². The average Bonchev–Trinajstić information content (AvgIpc) is 2.28. The van der Waals surface area contributed by atoms with Crippen molar-refractivity contribution in [3.8, 4) is 0 Å². The van der Waals surface area contributed by atoms with Crippen LogP contribution in [-0.2, 0) is 0 Å². The lowest BCUT2D eigenvalue weighted by atomic mass is 10.2.